The van der Waals surface area contributed by atoms with E-state index in [2.05, 4.69) is 34.7 Å². The van der Waals surface area contributed by atoms with Crippen LogP contribution in [0, 0.1) is 6.92 Å². The number of nitrogens with zero attached hydrogens (tertiary/aromatic N) is 1. The lowest BCUT2D eigenvalue weighted by Crippen LogP contribution is -2.18. The molecule has 2 heterocycles. The quantitative estimate of drug-likeness (QED) is 0.897. The Hall–Kier alpha value is -1.39. The highest BCUT2D eigenvalue weighted by molar-refractivity contribution is 7.10. The molecule has 3 nitrogen and oxygen atoms in total. The molecule has 2 aromatic rings. The summed E-state index contributed by atoms with van der Waals surface area (Å²) in [6, 6.07) is 8.48. The number of rotatable bonds is 5. The number of thiophene rings is 1. The lowest BCUT2D eigenvalue weighted by atomic mass is 10.2. The number of hydrogen-bond acceptors (Lipinski definition) is 4. The van der Waals surface area contributed by atoms with Crippen LogP contribution in [0.25, 0.3) is 0 Å². The summed E-state index contributed by atoms with van der Waals surface area (Å²) in [4.78, 5) is 5.84. The minimum atomic E-state index is 0.346. The van der Waals surface area contributed by atoms with Gasteiger partial charge in [0.2, 0.25) is 0 Å². The molecule has 0 aliphatic rings. The van der Waals surface area contributed by atoms with Gasteiger partial charge >= 0.3 is 0 Å². The Kier molecular flexibility index (Phi) is 4.33. The number of pyridine rings is 1. The van der Waals surface area contributed by atoms with Crippen LogP contribution in [0.4, 0.5) is 0 Å². The smallest absolute Gasteiger partial charge is 0.122 e. The van der Waals surface area contributed by atoms with E-state index in [4.69, 9.17) is 4.74 Å². The lowest BCUT2D eigenvalue weighted by molar-refractivity contribution is 0.412. The van der Waals surface area contributed by atoms with Crippen LogP contribution in [0.2, 0.25) is 0 Å². The normalized spacial score (nSPS) is 12.4. The highest BCUT2D eigenvalue weighted by Gasteiger charge is 2.07. The van der Waals surface area contributed by atoms with Crippen molar-refractivity contribution in [3.8, 4) is 5.75 Å². The van der Waals surface area contributed by atoms with Gasteiger partial charge in [-0.3, -0.25) is 4.98 Å². The van der Waals surface area contributed by atoms with Crippen LogP contribution in [-0.2, 0) is 6.54 Å². The SMILES string of the molecule is COc1cc(C)nc(CNC(C)c2cccs2)c1. The first kappa shape index (κ1) is 13.1. The third kappa shape index (κ3) is 3.31. The molecular weight excluding hydrogens is 244 g/mol. The van der Waals surface area contributed by atoms with Gasteiger partial charge in [-0.25, -0.2) is 0 Å². The summed E-state index contributed by atoms with van der Waals surface area (Å²) in [7, 11) is 1.68. The summed E-state index contributed by atoms with van der Waals surface area (Å²) >= 11 is 1.77. The van der Waals surface area contributed by atoms with Crippen molar-refractivity contribution in [1.82, 2.24) is 10.3 Å². The Morgan fingerprint density at radius 1 is 1.44 bits per heavy atom. The van der Waals surface area contributed by atoms with Crippen molar-refractivity contribution < 1.29 is 4.74 Å². The molecule has 96 valence electrons. The Balaban J connectivity index is 1.99. The Morgan fingerprint density at radius 3 is 2.94 bits per heavy atom. The zero-order chi connectivity index (χ0) is 13.0. The predicted molar refractivity (Wildman–Crippen MR) is 75.1 cm³/mol. The standard InChI is InChI=1S/C14H18N2OS/c1-10-7-13(17-3)8-12(16-10)9-15-11(2)14-5-4-6-18-14/h4-8,11,15H,9H2,1-3H3. The second-order valence-electron chi connectivity index (χ2n) is 4.26. The molecule has 0 saturated carbocycles. The molecule has 0 radical (unpaired) electrons. The van der Waals surface area contributed by atoms with E-state index in [0.717, 1.165) is 23.7 Å². The van der Waals surface area contributed by atoms with Gasteiger partial charge in [-0.1, -0.05) is 6.07 Å². The summed E-state index contributed by atoms with van der Waals surface area (Å²) < 4.78 is 5.25. The van der Waals surface area contributed by atoms with Crippen molar-refractivity contribution >= 4 is 11.3 Å². The number of methoxy groups -OCH3 is 1. The molecule has 1 N–H and O–H groups in total. The van der Waals surface area contributed by atoms with E-state index >= 15 is 0 Å². The van der Waals surface area contributed by atoms with Gasteiger partial charge in [0.25, 0.3) is 0 Å². The molecule has 0 aromatic carbocycles. The summed E-state index contributed by atoms with van der Waals surface area (Å²) in [5.74, 6) is 0.864. The fourth-order valence-electron chi connectivity index (χ4n) is 1.81. The van der Waals surface area contributed by atoms with E-state index in [1.54, 1.807) is 18.4 Å². The first-order valence-electron chi connectivity index (χ1n) is 5.97. The largest absolute Gasteiger partial charge is 0.497 e. The maximum Gasteiger partial charge on any atom is 0.122 e. The number of aromatic nitrogens is 1. The van der Waals surface area contributed by atoms with E-state index in [9.17, 15) is 0 Å². The lowest BCUT2D eigenvalue weighted by Gasteiger charge is -2.12. The van der Waals surface area contributed by atoms with E-state index < -0.39 is 0 Å². The molecular formula is C14H18N2OS. The fourth-order valence-corrected chi connectivity index (χ4v) is 2.57. The van der Waals surface area contributed by atoms with Crippen LogP contribution in [-0.4, -0.2) is 12.1 Å². The van der Waals surface area contributed by atoms with Crippen molar-refractivity contribution in [2.24, 2.45) is 0 Å². The average molecular weight is 262 g/mol. The van der Waals surface area contributed by atoms with Crippen molar-refractivity contribution in [2.75, 3.05) is 7.11 Å². The van der Waals surface area contributed by atoms with Gasteiger partial charge in [-0.05, 0) is 25.3 Å². The summed E-state index contributed by atoms with van der Waals surface area (Å²) in [6.45, 7) is 4.89. The molecule has 0 aliphatic carbocycles. The number of ether oxygens (including phenoxy) is 1. The van der Waals surface area contributed by atoms with Gasteiger partial charge < -0.3 is 10.1 Å². The van der Waals surface area contributed by atoms with Crippen molar-refractivity contribution in [3.05, 3.63) is 45.9 Å². The van der Waals surface area contributed by atoms with Crippen molar-refractivity contribution in [3.63, 3.8) is 0 Å². The van der Waals surface area contributed by atoms with Gasteiger partial charge in [0.1, 0.15) is 5.75 Å². The Labute approximate surface area is 112 Å². The van der Waals surface area contributed by atoms with Crippen molar-refractivity contribution in [1.29, 1.82) is 0 Å². The number of aryl methyl sites for hydroxylation is 1. The van der Waals surface area contributed by atoms with E-state index in [1.165, 1.54) is 4.88 Å². The second kappa shape index (κ2) is 5.98. The molecule has 4 heteroatoms. The van der Waals surface area contributed by atoms with Crippen molar-refractivity contribution in [2.45, 2.75) is 26.4 Å². The molecule has 0 bridgehead atoms. The van der Waals surface area contributed by atoms with Gasteiger partial charge in [0.15, 0.2) is 0 Å². The third-order valence-electron chi connectivity index (χ3n) is 2.78. The molecule has 18 heavy (non-hydrogen) atoms. The number of nitrogens with one attached hydrogen (secondary N) is 1. The predicted octanol–water partition coefficient (Wildman–Crippen LogP) is 3.31. The van der Waals surface area contributed by atoms with E-state index in [1.807, 2.05) is 19.1 Å². The van der Waals surface area contributed by atoms with E-state index in [-0.39, 0.29) is 0 Å². The highest BCUT2D eigenvalue weighted by Crippen LogP contribution is 2.19. The monoisotopic (exact) mass is 262 g/mol. The minimum absolute atomic E-state index is 0.346. The van der Waals surface area contributed by atoms with Gasteiger partial charge in [-0.2, -0.15) is 0 Å². The first-order chi connectivity index (χ1) is 8.69. The average Bonchev–Trinajstić information content (AvgIpc) is 2.89. The third-order valence-corrected chi connectivity index (χ3v) is 3.83. The molecule has 0 saturated heterocycles. The molecule has 2 aromatic heterocycles. The van der Waals surface area contributed by atoms with E-state index in [0.29, 0.717) is 6.04 Å². The van der Waals surface area contributed by atoms with Crippen LogP contribution in [0.3, 0.4) is 0 Å². The summed E-state index contributed by atoms with van der Waals surface area (Å²) in [6.07, 6.45) is 0. The van der Waals surface area contributed by atoms with Gasteiger partial charge in [0, 0.05) is 35.3 Å². The van der Waals surface area contributed by atoms with Gasteiger partial charge in [0.05, 0.1) is 12.8 Å². The van der Waals surface area contributed by atoms with Crippen LogP contribution < -0.4 is 10.1 Å². The maximum atomic E-state index is 5.25. The van der Waals surface area contributed by atoms with Gasteiger partial charge in [-0.15, -0.1) is 11.3 Å². The zero-order valence-electron chi connectivity index (χ0n) is 10.9. The molecule has 1 atom stereocenters. The molecule has 0 amide bonds. The second-order valence-corrected chi connectivity index (χ2v) is 5.24. The van der Waals surface area contributed by atoms with Crippen LogP contribution >= 0.6 is 11.3 Å². The topological polar surface area (TPSA) is 34.1 Å². The van der Waals surface area contributed by atoms with Crippen LogP contribution in [0.1, 0.15) is 29.2 Å². The summed E-state index contributed by atoms with van der Waals surface area (Å²) in [5, 5.41) is 5.57. The molecule has 1 unspecified atom stereocenters. The minimum Gasteiger partial charge on any atom is -0.497 e. The Morgan fingerprint density at radius 2 is 2.28 bits per heavy atom. The number of hydrogen-bond donors (Lipinski definition) is 1. The maximum absolute atomic E-state index is 5.25. The molecule has 0 aliphatic heterocycles. The van der Waals surface area contributed by atoms with Crippen LogP contribution in [0.5, 0.6) is 5.75 Å². The zero-order valence-corrected chi connectivity index (χ0v) is 11.8. The highest BCUT2D eigenvalue weighted by atomic mass is 32.1. The van der Waals surface area contributed by atoms with Crippen LogP contribution in [0.15, 0.2) is 29.6 Å². The first-order valence-corrected chi connectivity index (χ1v) is 6.85. The Bertz CT molecular complexity index is 497. The molecule has 0 fully saturated rings. The fraction of sp³-hybridized carbons (Fsp3) is 0.357. The molecule has 0 spiro atoms. The summed E-state index contributed by atoms with van der Waals surface area (Å²) in [5.41, 5.74) is 1.99. The molecule has 2 rings (SSSR count).